The van der Waals surface area contributed by atoms with E-state index in [2.05, 4.69) is 21.3 Å². The normalized spacial score (nSPS) is 18.2. The van der Waals surface area contributed by atoms with Crippen LogP contribution in [0, 0.1) is 17.1 Å². The van der Waals surface area contributed by atoms with E-state index in [1.54, 1.807) is 24.3 Å². The van der Waals surface area contributed by atoms with Gasteiger partial charge < -0.3 is 10.2 Å². The molecule has 2 aliphatic heterocycles. The molecule has 40 heavy (non-hydrogen) atoms. The highest BCUT2D eigenvalue weighted by Crippen LogP contribution is 2.23. The first-order chi connectivity index (χ1) is 19.5. The number of amides is 2. The predicted molar refractivity (Wildman–Crippen MR) is 150 cm³/mol. The minimum atomic E-state index is -0.263. The third-order valence-corrected chi connectivity index (χ3v) is 7.93. The van der Waals surface area contributed by atoms with Gasteiger partial charge in [0.15, 0.2) is 0 Å². The van der Waals surface area contributed by atoms with E-state index in [1.807, 2.05) is 29.2 Å². The van der Waals surface area contributed by atoms with Gasteiger partial charge in [-0.3, -0.25) is 19.5 Å². The lowest BCUT2D eigenvalue weighted by Gasteiger charge is -2.36. The summed E-state index contributed by atoms with van der Waals surface area (Å²) in [6.45, 7) is 3.25. The van der Waals surface area contributed by atoms with E-state index >= 15 is 0 Å². The monoisotopic (exact) mass is 539 g/mol. The average molecular weight is 540 g/mol. The lowest BCUT2D eigenvalue weighted by Crippen LogP contribution is -2.45. The summed E-state index contributed by atoms with van der Waals surface area (Å²) < 4.78 is 13.3. The number of benzene rings is 2. The molecule has 0 bridgehead atoms. The van der Waals surface area contributed by atoms with Gasteiger partial charge in [0.2, 0.25) is 0 Å². The summed E-state index contributed by atoms with van der Waals surface area (Å²) in [6.07, 6.45) is 6.80. The molecule has 0 saturated carbocycles. The van der Waals surface area contributed by atoms with E-state index < -0.39 is 0 Å². The van der Waals surface area contributed by atoms with Crippen LogP contribution in [-0.2, 0) is 13.0 Å². The first-order valence-electron chi connectivity index (χ1n) is 14.0. The Labute approximate surface area is 234 Å². The van der Waals surface area contributed by atoms with Crippen LogP contribution in [0.4, 0.5) is 4.39 Å². The standard InChI is InChI=1S/C32H34FN5O2/c33-27-11-8-23(9-12-27)19-29-3-1-2-16-38(29)32(40)26-10-13-30(35-21-26)31(39)36-28-14-17-37(18-15-28)22-25-6-4-24(20-34)5-7-25/h4-13,21,28-29H,1-3,14-19,22H2,(H,36,39). The van der Waals surface area contributed by atoms with Crippen molar-refractivity contribution < 1.29 is 14.0 Å². The van der Waals surface area contributed by atoms with Crippen molar-refractivity contribution in [3.63, 3.8) is 0 Å². The van der Waals surface area contributed by atoms with E-state index in [9.17, 15) is 14.0 Å². The molecule has 1 atom stereocenters. The number of likely N-dealkylation sites (tertiary alicyclic amines) is 2. The van der Waals surface area contributed by atoms with Crippen molar-refractivity contribution in [3.8, 4) is 6.07 Å². The number of halogens is 1. The molecule has 2 aliphatic rings. The second-order valence-corrected chi connectivity index (χ2v) is 10.7. The van der Waals surface area contributed by atoms with E-state index in [0.29, 0.717) is 29.8 Å². The maximum atomic E-state index is 13.4. The summed E-state index contributed by atoms with van der Waals surface area (Å²) in [5, 5.41) is 12.1. The fourth-order valence-electron chi connectivity index (χ4n) is 5.63. The minimum absolute atomic E-state index is 0.0532. The number of nitrogens with one attached hydrogen (secondary N) is 1. The maximum Gasteiger partial charge on any atom is 0.270 e. The number of rotatable bonds is 7. The van der Waals surface area contributed by atoms with Gasteiger partial charge in [0.25, 0.3) is 11.8 Å². The number of nitriles is 1. The van der Waals surface area contributed by atoms with Crippen molar-refractivity contribution in [2.24, 2.45) is 0 Å². The maximum absolute atomic E-state index is 13.4. The molecule has 1 aromatic heterocycles. The molecule has 0 spiro atoms. The van der Waals surface area contributed by atoms with E-state index in [0.717, 1.165) is 57.3 Å². The molecular formula is C32H34FN5O2. The van der Waals surface area contributed by atoms with Crippen molar-refractivity contribution in [3.05, 3.63) is 101 Å². The van der Waals surface area contributed by atoms with Crippen LogP contribution in [0.5, 0.6) is 0 Å². The highest BCUT2D eigenvalue weighted by molar-refractivity contribution is 5.96. The number of carbonyl (C=O) groups is 2. The van der Waals surface area contributed by atoms with Gasteiger partial charge in [-0.05, 0) is 86.1 Å². The van der Waals surface area contributed by atoms with Crippen molar-refractivity contribution in [2.75, 3.05) is 19.6 Å². The van der Waals surface area contributed by atoms with Gasteiger partial charge in [-0.25, -0.2) is 4.39 Å². The number of hydrogen-bond donors (Lipinski definition) is 1. The molecule has 2 amide bonds. The van der Waals surface area contributed by atoms with Crippen LogP contribution in [0.15, 0.2) is 66.9 Å². The molecule has 0 radical (unpaired) electrons. The van der Waals surface area contributed by atoms with Crippen molar-refractivity contribution in [2.45, 2.75) is 57.2 Å². The fraction of sp³-hybridized carbons (Fsp3) is 0.375. The minimum Gasteiger partial charge on any atom is -0.348 e. The number of piperidine rings is 2. The molecule has 2 aromatic carbocycles. The molecular weight excluding hydrogens is 505 g/mol. The van der Waals surface area contributed by atoms with Crippen LogP contribution >= 0.6 is 0 Å². The van der Waals surface area contributed by atoms with Crippen LogP contribution < -0.4 is 5.32 Å². The van der Waals surface area contributed by atoms with Crippen molar-refractivity contribution in [1.82, 2.24) is 20.1 Å². The third-order valence-electron chi connectivity index (χ3n) is 7.93. The zero-order chi connectivity index (χ0) is 27.9. The van der Waals surface area contributed by atoms with Gasteiger partial charge in [0.1, 0.15) is 11.5 Å². The largest absolute Gasteiger partial charge is 0.348 e. The Morgan fingerprint density at radius 3 is 2.33 bits per heavy atom. The lowest BCUT2D eigenvalue weighted by molar-refractivity contribution is 0.0612. The molecule has 1 N–H and O–H groups in total. The van der Waals surface area contributed by atoms with Gasteiger partial charge in [-0.1, -0.05) is 24.3 Å². The summed E-state index contributed by atoms with van der Waals surface area (Å²) >= 11 is 0. The first-order valence-corrected chi connectivity index (χ1v) is 14.0. The molecule has 7 nitrogen and oxygen atoms in total. The molecule has 0 aliphatic carbocycles. The SMILES string of the molecule is N#Cc1ccc(CN2CCC(NC(=O)c3ccc(C(=O)N4CCCCC4Cc4ccc(F)cc4)cn3)CC2)cc1. The van der Waals surface area contributed by atoms with Gasteiger partial charge in [0, 0.05) is 44.5 Å². The summed E-state index contributed by atoms with van der Waals surface area (Å²) in [7, 11) is 0. The van der Waals surface area contributed by atoms with Crippen molar-refractivity contribution in [1.29, 1.82) is 5.26 Å². The first kappa shape index (κ1) is 27.5. The smallest absolute Gasteiger partial charge is 0.270 e. The predicted octanol–water partition coefficient (Wildman–Crippen LogP) is 4.72. The number of pyridine rings is 1. The average Bonchev–Trinajstić information content (AvgIpc) is 3.00. The Morgan fingerprint density at radius 1 is 0.925 bits per heavy atom. The Kier molecular flexibility index (Phi) is 8.82. The Hall–Kier alpha value is -4.09. The topological polar surface area (TPSA) is 89.3 Å². The van der Waals surface area contributed by atoms with E-state index in [4.69, 9.17) is 5.26 Å². The van der Waals surface area contributed by atoms with Gasteiger partial charge in [0.05, 0.1) is 17.2 Å². The molecule has 1 unspecified atom stereocenters. The fourth-order valence-corrected chi connectivity index (χ4v) is 5.63. The number of nitrogens with zero attached hydrogens (tertiary/aromatic N) is 4. The summed E-state index contributed by atoms with van der Waals surface area (Å²) in [6, 6.07) is 19.7. The molecule has 8 heteroatoms. The molecule has 2 saturated heterocycles. The number of aromatic nitrogens is 1. The Balaban J connectivity index is 1.12. The summed E-state index contributed by atoms with van der Waals surface area (Å²) in [5.74, 6) is -0.571. The second-order valence-electron chi connectivity index (χ2n) is 10.7. The zero-order valence-corrected chi connectivity index (χ0v) is 22.6. The van der Waals surface area contributed by atoms with Gasteiger partial charge >= 0.3 is 0 Å². The van der Waals surface area contributed by atoms with E-state index in [-0.39, 0.29) is 29.7 Å². The second kappa shape index (κ2) is 12.8. The molecule has 3 heterocycles. The van der Waals surface area contributed by atoms with Gasteiger partial charge in [-0.15, -0.1) is 0 Å². The Bertz CT molecular complexity index is 1340. The Morgan fingerprint density at radius 2 is 1.65 bits per heavy atom. The molecule has 5 rings (SSSR count). The van der Waals surface area contributed by atoms with Crippen LogP contribution in [0.3, 0.4) is 0 Å². The van der Waals surface area contributed by atoms with E-state index in [1.165, 1.54) is 23.9 Å². The van der Waals surface area contributed by atoms with Gasteiger partial charge in [-0.2, -0.15) is 5.26 Å². The molecule has 2 fully saturated rings. The van der Waals surface area contributed by atoms with Crippen LogP contribution in [0.25, 0.3) is 0 Å². The van der Waals surface area contributed by atoms with Crippen LogP contribution in [-0.4, -0.2) is 58.3 Å². The number of carbonyl (C=O) groups excluding carboxylic acids is 2. The van der Waals surface area contributed by atoms with Crippen LogP contribution in [0.2, 0.25) is 0 Å². The quantitative estimate of drug-likeness (QED) is 0.469. The zero-order valence-electron chi connectivity index (χ0n) is 22.6. The van der Waals surface area contributed by atoms with Crippen molar-refractivity contribution >= 4 is 11.8 Å². The van der Waals surface area contributed by atoms with Crippen LogP contribution in [0.1, 0.15) is 69.6 Å². The lowest BCUT2D eigenvalue weighted by atomic mass is 9.95. The summed E-state index contributed by atoms with van der Waals surface area (Å²) in [4.78, 5) is 34.8. The molecule has 3 aromatic rings. The highest BCUT2D eigenvalue weighted by Gasteiger charge is 2.28. The molecule has 206 valence electrons. The third kappa shape index (κ3) is 6.91. The number of hydrogen-bond acceptors (Lipinski definition) is 5. The summed E-state index contributed by atoms with van der Waals surface area (Å²) in [5.41, 5.74) is 3.62. The highest BCUT2D eigenvalue weighted by atomic mass is 19.1.